The van der Waals surface area contributed by atoms with Gasteiger partial charge in [0.2, 0.25) is 0 Å². The quantitative estimate of drug-likeness (QED) is 0.708. The average molecular weight is 238 g/mol. The number of hydrogen-bond acceptors (Lipinski definition) is 0. The molecule has 0 radical (unpaired) electrons. The molecule has 0 spiro atoms. The molecule has 0 fully saturated rings. The Morgan fingerprint density at radius 3 is 2.56 bits per heavy atom. The Labute approximate surface area is 102 Å². The molecule has 1 aromatic heterocycles. The molecular weight excluding hydrogens is 220 g/mol. The highest BCUT2D eigenvalue weighted by molar-refractivity contribution is 6.35. The van der Waals surface area contributed by atoms with Gasteiger partial charge < -0.3 is 9.05 Å². The van der Waals surface area contributed by atoms with Crippen molar-refractivity contribution in [2.24, 2.45) is 7.05 Å². The van der Waals surface area contributed by atoms with Crippen LogP contribution in [0.2, 0.25) is 5.02 Å². The lowest BCUT2D eigenvalue weighted by molar-refractivity contribution is -0.883. The van der Waals surface area contributed by atoms with Gasteiger partial charge in [-0.25, -0.2) is 0 Å². The van der Waals surface area contributed by atoms with E-state index in [1.165, 1.54) is 16.5 Å². The summed E-state index contributed by atoms with van der Waals surface area (Å²) in [7, 11) is 8.64. The van der Waals surface area contributed by atoms with Gasteiger partial charge in [0.05, 0.1) is 26.2 Å². The van der Waals surface area contributed by atoms with Crippen LogP contribution in [-0.4, -0.2) is 30.2 Å². The number of quaternary nitrogens is 1. The lowest BCUT2D eigenvalue weighted by Crippen LogP contribution is -2.33. The van der Waals surface area contributed by atoms with Gasteiger partial charge in [-0.05, 0) is 12.1 Å². The highest BCUT2D eigenvalue weighted by Gasteiger charge is 2.15. The Kier molecular flexibility index (Phi) is 2.72. The molecule has 86 valence electrons. The van der Waals surface area contributed by atoms with Gasteiger partial charge in [-0.3, -0.25) is 0 Å². The predicted octanol–water partition coefficient (Wildman–Crippen LogP) is 3.04. The van der Waals surface area contributed by atoms with Crippen molar-refractivity contribution in [2.45, 2.75) is 6.54 Å². The van der Waals surface area contributed by atoms with Crippen molar-refractivity contribution >= 4 is 22.5 Å². The second-order valence-corrected chi connectivity index (χ2v) is 5.75. The zero-order valence-corrected chi connectivity index (χ0v) is 11.0. The molecule has 1 aromatic carbocycles. The second-order valence-electron chi connectivity index (χ2n) is 5.35. The topological polar surface area (TPSA) is 4.93 Å². The summed E-state index contributed by atoms with van der Waals surface area (Å²) < 4.78 is 3.05. The van der Waals surface area contributed by atoms with E-state index in [9.17, 15) is 0 Å². The predicted molar refractivity (Wildman–Crippen MR) is 69.7 cm³/mol. The minimum Gasteiger partial charge on any atom is -0.350 e. The Bertz CT molecular complexity index is 520. The van der Waals surface area contributed by atoms with Gasteiger partial charge in [0.25, 0.3) is 0 Å². The van der Waals surface area contributed by atoms with E-state index in [-0.39, 0.29) is 0 Å². The van der Waals surface area contributed by atoms with Crippen molar-refractivity contribution < 1.29 is 4.48 Å². The number of benzene rings is 1. The van der Waals surface area contributed by atoms with Gasteiger partial charge in [0, 0.05) is 29.7 Å². The Morgan fingerprint density at radius 1 is 1.25 bits per heavy atom. The zero-order chi connectivity index (χ0) is 11.9. The molecule has 3 heteroatoms. The van der Waals surface area contributed by atoms with Gasteiger partial charge in [-0.15, -0.1) is 0 Å². The SMILES string of the molecule is Cn1cc(C[N+](C)(C)C)c2c(Cl)cccc21. The molecule has 2 nitrogen and oxygen atoms in total. The Balaban J connectivity index is 2.62. The van der Waals surface area contributed by atoms with E-state index in [4.69, 9.17) is 11.6 Å². The largest absolute Gasteiger partial charge is 0.350 e. The minimum absolute atomic E-state index is 0.849. The van der Waals surface area contributed by atoms with Crippen LogP contribution in [0.1, 0.15) is 5.56 Å². The molecule has 2 rings (SSSR count). The summed E-state index contributed by atoms with van der Waals surface area (Å²) in [6.07, 6.45) is 2.18. The maximum atomic E-state index is 6.28. The number of rotatable bonds is 2. The third-order valence-corrected chi connectivity index (χ3v) is 3.00. The van der Waals surface area contributed by atoms with Crippen LogP contribution in [0.3, 0.4) is 0 Å². The first kappa shape index (κ1) is 11.5. The van der Waals surface area contributed by atoms with Crippen molar-refractivity contribution in [1.82, 2.24) is 4.57 Å². The van der Waals surface area contributed by atoms with E-state index in [2.05, 4.69) is 45.0 Å². The highest BCUT2D eigenvalue weighted by Crippen LogP contribution is 2.29. The van der Waals surface area contributed by atoms with Crippen LogP contribution in [0.5, 0.6) is 0 Å². The van der Waals surface area contributed by atoms with Crippen molar-refractivity contribution in [1.29, 1.82) is 0 Å². The van der Waals surface area contributed by atoms with E-state index in [0.717, 1.165) is 16.1 Å². The first-order valence-corrected chi connectivity index (χ1v) is 5.79. The fraction of sp³-hybridized carbons (Fsp3) is 0.385. The smallest absolute Gasteiger partial charge is 0.106 e. The van der Waals surface area contributed by atoms with Crippen LogP contribution in [-0.2, 0) is 13.6 Å². The number of aryl methyl sites for hydroxylation is 1. The molecule has 0 unspecified atom stereocenters. The second kappa shape index (κ2) is 3.79. The standard InChI is InChI=1S/C13H18ClN2/c1-15-8-10(9-16(2,3)4)13-11(14)6-5-7-12(13)15/h5-8H,9H2,1-4H3/q+1. The van der Waals surface area contributed by atoms with Gasteiger partial charge in [0.1, 0.15) is 6.54 Å². The normalized spacial score (nSPS) is 12.3. The van der Waals surface area contributed by atoms with Crippen LogP contribution in [0.25, 0.3) is 10.9 Å². The first-order valence-electron chi connectivity index (χ1n) is 5.41. The summed E-state index contributed by atoms with van der Waals surface area (Å²) in [5.41, 5.74) is 2.52. The Morgan fingerprint density at radius 2 is 1.94 bits per heavy atom. The molecule has 0 saturated heterocycles. The number of halogens is 1. The highest BCUT2D eigenvalue weighted by atomic mass is 35.5. The lowest BCUT2D eigenvalue weighted by Gasteiger charge is -2.23. The van der Waals surface area contributed by atoms with Crippen LogP contribution < -0.4 is 0 Å². The van der Waals surface area contributed by atoms with Crippen molar-refractivity contribution in [3.05, 3.63) is 35.0 Å². The third-order valence-electron chi connectivity index (χ3n) is 2.69. The first-order chi connectivity index (χ1) is 7.38. The summed E-state index contributed by atoms with van der Waals surface area (Å²) in [4.78, 5) is 0. The van der Waals surface area contributed by atoms with Crippen molar-refractivity contribution in [3.8, 4) is 0 Å². The number of fused-ring (bicyclic) bond motifs is 1. The van der Waals surface area contributed by atoms with Crippen LogP contribution in [0, 0.1) is 0 Å². The minimum atomic E-state index is 0.849. The van der Waals surface area contributed by atoms with E-state index in [1.807, 2.05) is 12.1 Å². The number of hydrogen-bond donors (Lipinski definition) is 0. The van der Waals surface area contributed by atoms with Gasteiger partial charge in [0.15, 0.2) is 0 Å². The molecule has 0 aliphatic rings. The third kappa shape index (κ3) is 2.08. The van der Waals surface area contributed by atoms with Crippen molar-refractivity contribution in [2.75, 3.05) is 21.1 Å². The molecule has 0 atom stereocenters. The van der Waals surface area contributed by atoms with Crippen LogP contribution in [0.15, 0.2) is 24.4 Å². The lowest BCUT2D eigenvalue weighted by atomic mass is 10.1. The molecule has 0 aliphatic carbocycles. The van der Waals surface area contributed by atoms with E-state index >= 15 is 0 Å². The van der Waals surface area contributed by atoms with Gasteiger partial charge in [-0.2, -0.15) is 0 Å². The van der Waals surface area contributed by atoms with Crippen molar-refractivity contribution in [3.63, 3.8) is 0 Å². The maximum absolute atomic E-state index is 6.28. The molecule has 0 saturated carbocycles. The average Bonchev–Trinajstić information content (AvgIpc) is 2.42. The van der Waals surface area contributed by atoms with E-state index in [1.54, 1.807) is 0 Å². The summed E-state index contributed by atoms with van der Waals surface area (Å²) in [6, 6.07) is 6.07. The molecule has 1 heterocycles. The monoisotopic (exact) mass is 237 g/mol. The summed E-state index contributed by atoms with van der Waals surface area (Å²) >= 11 is 6.28. The number of aromatic nitrogens is 1. The summed E-state index contributed by atoms with van der Waals surface area (Å²) in [6.45, 7) is 0.987. The molecule has 0 bridgehead atoms. The molecule has 16 heavy (non-hydrogen) atoms. The van der Waals surface area contributed by atoms with Crippen LogP contribution >= 0.6 is 11.6 Å². The molecule has 0 aliphatic heterocycles. The molecule has 0 N–H and O–H groups in total. The number of nitrogens with zero attached hydrogens (tertiary/aromatic N) is 2. The Hall–Kier alpha value is -0.990. The zero-order valence-electron chi connectivity index (χ0n) is 10.3. The molecule has 0 amide bonds. The van der Waals surface area contributed by atoms with Gasteiger partial charge in [-0.1, -0.05) is 17.7 Å². The molecule has 2 aromatic rings. The van der Waals surface area contributed by atoms with E-state index in [0.29, 0.717) is 0 Å². The van der Waals surface area contributed by atoms with E-state index < -0.39 is 0 Å². The maximum Gasteiger partial charge on any atom is 0.106 e. The van der Waals surface area contributed by atoms with Crippen LogP contribution in [0.4, 0.5) is 0 Å². The fourth-order valence-electron chi connectivity index (χ4n) is 2.12. The van der Waals surface area contributed by atoms with Gasteiger partial charge >= 0.3 is 0 Å². The molecular formula is C13H18ClN2+. The summed E-state index contributed by atoms with van der Waals surface area (Å²) in [5, 5.41) is 2.04. The fourth-order valence-corrected chi connectivity index (χ4v) is 2.41. The summed E-state index contributed by atoms with van der Waals surface area (Å²) in [5.74, 6) is 0.